The molecule has 5 nitrogen and oxygen atoms in total. The summed E-state index contributed by atoms with van der Waals surface area (Å²) >= 11 is 0. The van der Waals surface area contributed by atoms with Crippen LogP contribution in [0.5, 0.6) is 0 Å². The lowest BCUT2D eigenvalue weighted by atomic mass is 9.72. The number of hydrogen-bond acceptors (Lipinski definition) is 5. The molecular formula is C18H31BO5. The molecule has 1 unspecified atom stereocenters. The predicted octanol–water partition coefficient (Wildman–Crippen LogP) is 3.31. The summed E-state index contributed by atoms with van der Waals surface area (Å²) in [6.07, 6.45) is 4.91. The number of carbonyl (C=O) groups is 1. The third-order valence-electron chi connectivity index (χ3n) is 5.37. The minimum Gasteiger partial charge on any atom is -0.469 e. The summed E-state index contributed by atoms with van der Waals surface area (Å²) in [5.41, 5.74) is -0.0437. The number of rotatable bonds is 5. The fourth-order valence-corrected chi connectivity index (χ4v) is 2.85. The van der Waals surface area contributed by atoms with Gasteiger partial charge in [-0.05, 0) is 66.3 Å². The van der Waals surface area contributed by atoms with Crippen molar-refractivity contribution in [1.82, 2.24) is 0 Å². The van der Waals surface area contributed by atoms with Crippen LogP contribution in [0.15, 0.2) is 11.5 Å². The molecule has 1 heterocycles. The monoisotopic (exact) mass is 338 g/mol. The van der Waals surface area contributed by atoms with E-state index in [0.717, 1.165) is 19.3 Å². The van der Waals surface area contributed by atoms with Gasteiger partial charge in [0.2, 0.25) is 0 Å². The van der Waals surface area contributed by atoms with E-state index >= 15 is 0 Å². The molecule has 0 aromatic carbocycles. The molecule has 1 aliphatic heterocycles. The van der Waals surface area contributed by atoms with Crippen LogP contribution in [0.3, 0.4) is 0 Å². The summed E-state index contributed by atoms with van der Waals surface area (Å²) in [6.45, 7) is 12.3. The number of hydrogen-bond donors (Lipinski definition) is 0. The van der Waals surface area contributed by atoms with Crippen molar-refractivity contribution in [3.8, 4) is 0 Å². The maximum absolute atomic E-state index is 11.7. The van der Waals surface area contributed by atoms with E-state index in [-0.39, 0.29) is 30.4 Å². The molecule has 1 atom stereocenters. The average Bonchev–Trinajstić information content (AvgIpc) is 2.73. The first-order chi connectivity index (χ1) is 11.0. The van der Waals surface area contributed by atoms with Crippen LogP contribution in [0.2, 0.25) is 0 Å². The van der Waals surface area contributed by atoms with Crippen LogP contribution < -0.4 is 0 Å². The van der Waals surface area contributed by atoms with Crippen LogP contribution in [0.25, 0.3) is 0 Å². The molecule has 1 aliphatic carbocycles. The lowest BCUT2D eigenvalue weighted by Gasteiger charge is -2.32. The van der Waals surface area contributed by atoms with Crippen LogP contribution in [0, 0.1) is 5.41 Å². The van der Waals surface area contributed by atoms with Gasteiger partial charge in [0.05, 0.1) is 36.4 Å². The van der Waals surface area contributed by atoms with E-state index in [0.29, 0.717) is 6.61 Å². The standard InChI is InChI=1S/C18H31BO5/c1-16(2,15(20)21-7)12-22-14-10-8-13(9-11-14)19-23-17(3,4)18(5,6)24-19/h8,14H,9-12H2,1-7H3. The van der Waals surface area contributed by atoms with Gasteiger partial charge in [-0.1, -0.05) is 6.08 Å². The Hall–Kier alpha value is -0.845. The molecular weight excluding hydrogens is 307 g/mol. The highest BCUT2D eigenvalue weighted by Crippen LogP contribution is 2.40. The Morgan fingerprint density at radius 1 is 1.29 bits per heavy atom. The van der Waals surface area contributed by atoms with Crippen molar-refractivity contribution in [2.24, 2.45) is 5.41 Å². The van der Waals surface area contributed by atoms with E-state index in [9.17, 15) is 4.79 Å². The molecule has 0 amide bonds. The van der Waals surface area contributed by atoms with Gasteiger partial charge in [0.15, 0.2) is 0 Å². The summed E-state index contributed by atoms with van der Waals surface area (Å²) in [6, 6.07) is 0. The molecule has 6 heteroatoms. The second-order valence-electron chi connectivity index (χ2n) is 8.45. The second-order valence-corrected chi connectivity index (χ2v) is 8.45. The normalized spacial score (nSPS) is 26.2. The molecule has 1 saturated heterocycles. The van der Waals surface area contributed by atoms with Crippen LogP contribution in [0.1, 0.15) is 60.8 Å². The predicted molar refractivity (Wildman–Crippen MR) is 93.6 cm³/mol. The summed E-state index contributed by atoms with van der Waals surface area (Å²) < 4.78 is 23.0. The smallest absolute Gasteiger partial charge is 0.469 e. The Morgan fingerprint density at radius 3 is 2.33 bits per heavy atom. The van der Waals surface area contributed by atoms with Crippen LogP contribution in [-0.2, 0) is 23.6 Å². The number of methoxy groups -OCH3 is 1. The van der Waals surface area contributed by atoms with Crippen molar-refractivity contribution in [2.75, 3.05) is 13.7 Å². The highest BCUT2D eigenvalue weighted by atomic mass is 16.7. The van der Waals surface area contributed by atoms with Crippen LogP contribution >= 0.6 is 0 Å². The topological polar surface area (TPSA) is 54.0 Å². The van der Waals surface area contributed by atoms with E-state index in [2.05, 4.69) is 33.8 Å². The third-order valence-corrected chi connectivity index (χ3v) is 5.37. The van der Waals surface area contributed by atoms with Gasteiger partial charge in [-0.15, -0.1) is 0 Å². The highest BCUT2D eigenvalue weighted by molar-refractivity contribution is 6.54. The summed E-state index contributed by atoms with van der Waals surface area (Å²) in [7, 11) is 1.15. The van der Waals surface area contributed by atoms with Gasteiger partial charge in [-0.25, -0.2) is 0 Å². The van der Waals surface area contributed by atoms with E-state index in [1.165, 1.54) is 12.6 Å². The van der Waals surface area contributed by atoms with Gasteiger partial charge in [0, 0.05) is 0 Å². The summed E-state index contributed by atoms with van der Waals surface area (Å²) in [5, 5.41) is 0. The summed E-state index contributed by atoms with van der Waals surface area (Å²) in [4.78, 5) is 11.7. The molecule has 0 N–H and O–H groups in total. The van der Waals surface area contributed by atoms with E-state index in [1.807, 2.05) is 13.8 Å². The average molecular weight is 338 g/mol. The number of esters is 1. The minimum atomic E-state index is -0.621. The van der Waals surface area contributed by atoms with Gasteiger partial charge in [0.25, 0.3) is 0 Å². The number of carbonyl (C=O) groups excluding carboxylic acids is 1. The van der Waals surface area contributed by atoms with Crippen molar-refractivity contribution in [3.05, 3.63) is 11.5 Å². The Labute approximate surface area is 146 Å². The molecule has 0 bridgehead atoms. The Morgan fingerprint density at radius 2 is 1.88 bits per heavy atom. The van der Waals surface area contributed by atoms with Crippen molar-refractivity contribution in [2.45, 2.75) is 78.1 Å². The van der Waals surface area contributed by atoms with Gasteiger partial charge in [-0.3, -0.25) is 4.79 Å². The minimum absolute atomic E-state index is 0.125. The Balaban J connectivity index is 1.88. The van der Waals surface area contributed by atoms with Gasteiger partial charge < -0.3 is 18.8 Å². The molecule has 0 saturated carbocycles. The van der Waals surface area contributed by atoms with Crippen molar-refractivity contribution >= 4 is 13.1 Å². The molecule has 2 aliphatic rings. The molecule has 0 aromatic heterocycles. The SMILES string of the molecule is COC(=O)C(C)(C)COC1CC=C(B2OC(C)(C)C(C)(C)O2)CC1. The first kappa shape index (κ1) is 19.5. The lowest BCUT2D eigenvalue weighted by Crippen LogP contribution is -2.41. The van der Waals surface area contributed by atoms with Gasteiger partial charge in [-0.2, -0.15) is 0 Å². The largest absolute Gasteiger partial charge is 0.490 e. The fraction of sp³-hybridized carbons (Fsp3) is 0.833. The van der Waals surface area contributed by atoms with Gasteiger partial charge in [0.1, 0.15) is 0 Å². The Kier molecular flexibility index (Phi) is 5.53. The molecule has 1 fully saturated rings. The molecule has 0 radical (unpaired) electrons. The zero-order valence-corrected chi connectivity index (χ0v) is 16.1. The van der Waals surface area contributed by atoms with Crippen molar-refractivity contribution < 1.29 is 23.6 Å². The maximum Gasteiger partial charge on any atom is 0.490 e. The highest BCUT2D eigenvalue weighted by Gasteiger charge is 2.52. The van der Waals surface area contributed by atoms with Crippen LogP contribution in [-0.4, -0.2) is 44.1 Å². The van der Waals surface area contributed by atoms with E-state index in [4.69, 9.17) is 18.8 Å². The zero-order chi connectivity index (χ0) is 18.2. The first-order valence-corrected chi connectivity index (χ1v) is 8.73. The maximum atomic E-state index is 11.7. The summed E-state index contributed by atoms with van der Waals surface area (Å²) in [5.74, 6) is -0.244. The quantitative estimate of drug-likeness (QED) is 0.569. The second kappa shape index (κ2) is 6.81. The Bertz CT molecular complexity index is 494. The van der Waals surface area contributed by atoms with Crippen molar-refractivity contribution in [3.63, 3.8) is 0 Å². The van der Waals surface area contributed by atoms with Crippen molar-refractivity contribution in [1.29, 1.82) is 0 Å². The van der Waals surface area contributed by atoms with Gasteiger partial charge >= 0.3 is 13.1 Å². The van der Waals surface area contributed by atoms with E-state index < -0.39 is 5.41 Å². The number of ether oxygens (including phenoxy) is 2. The molecule has 0 spiro atoms. The lowest BCUT2D eigenvalue weighted by molar-refractivity contribution is -0.155. The fourth-order valence-electron chi connectivity index (χ4n) is 2.85. The molecule has 136 valence electrons. The van der Waals surface area contributed by atoms with Crippen LogP contribution in [0.4, 0.5) is 0 Å². The first-order valence-electron chi connectivity index (χ1n) is 8.73. The molecule has 0 aromatic rings. The van der Waals surface area contributed by atoms with E-state index in [1.54, 1.807) is 0 Å². The molecule has 24 heavy (non-hydrogen) atoms. The number of allylic oxidation sites excluding steroid dienone is 1. The third kappa shape index (κ3) is 4.03. The zero-order valence-electron chi connectivity index (χ0n) is 16.1. The molecule has 2 rings (SSSR count).